The fraction of sp³-hybridized carbons (Fsp3) is 0.261. The first kappa shape index (κ1) is 22.4. The summed E-state index contributed by atoms with van der Waals surface area (Å²) in [5.74, 6) is 0.847. The van der Waals surface area contributed by atoms with Gasteiger partial charge in [-0.05, 0) is 56.5 Å². The van der Waals surface area contributed by atoms with Crippen molar-refractivity contribution in [3.05, 3.63) is 64.7 Å². The molecule has 0 atom stereocenters. The van der Waals surface area contributed by atoms with Crippen molar-refractivity contribution in [2.75, 3.05) is 22.9 Å². The number of hydrogen-bond donors (Lipinski definition) is 3. The van der Waals surface area contributed by atoms with Crippen LogP contribution in [0.1, 0.15) is 25.0 Å². The van der Waals surface area contributed by atoms with E-state index in [1.807, 2.05) is 55.5 Å². The lowest BCUT2D eigenvalue weighted by molar-refractivity contribution is 0.130. The molecule has 8 heteroatoms. The smallest absolute Gasteiger partial charge is 0.411 e. The number of benzene rings is 2. The Morgan fingerprint density at radius 2 is 1.90 bits per heavy atom. The number of halogens is 1. The number of carbonyl (C=O) groups excluding carboxylic acids is 1. The number of rotatable bonds is 7. The minimum absolute atomic E-state index is 0.163. The predicted molar refractivity (Wildman–Crippen MR) is 126 cm³/mol. The summed E-state index contributed by atoms with van der Waals surface area (Å²) in [7, 11) is 0. The van der Waals surface area contributed by atoms with E-state index in [2.05, 4.69) is 20.6 Å². The molecule has 1 heterocycles. The highest BCUT2D eigenvalue weighted by Crippen LogP contribution is 2.28. The Morgan fingerprint density at radius 3 is 2.61 bits per heavy atom. The number of anilines is 3. The van der Waals surface area contributed by atoms with Crippen molar-refractivity contribution >= 4 is 35.1 Å². The maximum atomic E-state index is 11.7. The molecule has 3 rings (SSSR count). The SMILES string of the molecule is Cc1c(Cl)cccc1-c1cc(NCCc2ccc(NC(=O)OC(C)C)cc2)nc(N)n1. The average Bonchev–Trinajstić information content (AvgIpc) is 2.70. The van der Waals surface area contributed by atoms with Crippen LogP contribution in [0, 0.1) is 6.92 Å². The standard InChI is InChI=1S/C23H26ClN5O2/c1-14(2)31-23(30)27-17-9-7-16(8-10-17)11-12-26-21-13-20(28-22(25)29-21)18-5-4-6-19(24)15(18)3/h4-10,13-14H,11-12H2,1-3H3,(H,27,30)(H3,25,26,28,29). The molecule has 2 aromatic carbocycles. The van der Waals surface area contributed by atoms with Crippen molar-refractivity contribution in [3.8, 4) is 11.3 Å². The Balaban J connectivity index is 1.60. The highest BCUT2D eigenvalue weighted by atomic mass is 35.5. The summed E-state index contributed by atoms with van der Waals surface area (Å²) in [6, 6.07) is 15.2. The maximum absolute atomic E-state index is 11.7. The lowest BCUT2D eigenvalue weighted by Crippen LogP contribution is -2.17. The highest BCUT2D eigenvalue weighted by molar-refractivity contribution is 6.31. The van der Waals surface area contributed by atoms with Gasteiger partial charge >= 0.3 is 6.09 Å². The summed E-state index contributed by atoms with van der Waals surface area (Å²) >= 11 is 6.24. The monoisotopic (exact) mass is 439 g/mol. The topological polar surface area (TPSA) is 102 Å². The van der Waals surface area contributed by atoms with Gasteiger partial charge in [0.05, 0.1) is 11.8 Å². The summed E-state index contributed by atoms with van der Waals surface area (Å²) in [6.07, 6.45) is 0.146. The molecule has 0 aliphatic carbocycles. The van der Waals surface area contributed by atoms with Crippen molar-refractivity contribution in [3.63, 3.8) is 0 Å². The summed E-state index contributed by atoms with van der Waals surface area (Å²) in [6.45, 7) is 6.22. The molecular formula is C23H26ClN5O2. The largest absolute Gasteiger partial charge is 0.447 e. The van der Waals surface area contributed by atoms with Gasteiger partial charge in [0.15, 0.2) is 0 Å². The van der Waals surface area contributed by atoms with Crippen LogP contribution in [0.25, 0.3) is 11.3 Å². The Morgan fingerprint density at radius 1 is 1.16 bits per heavy atom. The van der Waals surface area contributed by atoms with Crippen molar-refractivity contribution < 1.29 is 9.53 Å². The van der Waals surface area contributed by atoms with E-state index in [1.54, 1.807) is 13.8 Å². The number of carbonyl (C=O) groups is 1. The third-order valence-electron chi connectivity index (χ3n) is 4.55. The van der Waals surface area contributed by atoms with E-state index in [9.17, 15) is 4.79 Å². The molecule has 1 amide bonds. The first-order valence-corrected chi connectivity index (χ1v) is 10.4. The van der Waals surface area contributed by atoms with Gasteiger partial charge < -0.3 is 15.8 Å². The Labute approximate surface area is 187 Å². The molecule has 0 unspecified atom stereocenters. The lowest BCUT2D eigenvalue weighted by atomic mass is 10.1. The molecule has 0 aliphatic rings. The molecule has 4 N–H and O–H groups in total. The zero-order valence-electron chi connectivity index (χ0n) is 17.8. The van der Waals surface area contributed by atoms with Crippen molar-refractivity contribution in [1.82, 2.24) is 9.97 Å². The van der Waals surface area contributed by atoms with Crippen LogP contribution in [-0.4, -0.2) is 28.7 Å². The van der Waals surface area contributed by atoms with Crippen LogP contribution in [0.2, 0.25) is 5.02 Å². The van der Waals surface area contributed by atoms with E-state index in [0.717, 1.165) is 28.8 Å². The molecule has 0 saturated heterocycles. The summed E-state index contributed by atoms with van der Waals surface area (Å²) in [4.78, 5) is 20.3. The van der Waals surface area contributed by atoms with E-state index < -0.39 is 6.09 Å². The molecule has 0 radical (unpaired) electrons. The van der Waals surface area contributed by atoms with E-state index in [4.69, 9.17) is 22.1 Å². The second-order valence-corrected chi connectivity index (χ2v) is 7.77. The van der Waals surface area contributed by atoms with Crippen molar-refractivity contribution in [2.24, 2.45) is 0 Å². The minimum atomic E-state index is -0.462. The number of amides is 1. The van der Waals surface area contributed by atoms with Gasteiger partial charge in [0.2, 0.25) is 5.95 Å². The van der Waals surface area contributed by atoms with E-state index in [1.165, 1.54) is 0 Å². The van der Waals surface area contributed by atoms with Crippen LogP contribution < -0.4 is 16.4 Å². The Hall–Kier alpha value is -3.32. The first-order chi connectivity index (χ1) is 14.8. The van der Waals surface area contributed by atoms with E-state index in [-0.39, 0.29) is 12.1 Å². The zero-order valence-corrected chi connectivity index (χ0v) is 18.5. The van der Waals surface area contributed by atoms with Crippen LogP contribution in [0.5, 0.6) is 0 Å². The highest BCUT2D eigenvalue weighted by Gasteiger charge is 2.10. The number of aromatic nitrogens is 2. The molecule has 1 aromatic heterocycles. The second-order valence-electron chi connectivity index (χ2n) is 7.36. The molecule has 0 saturated carbocycles. The molecule has 162 valence electrons. The molecular weight excluding hydrogens is 414 g/mol. The third-order valence-corrected chi connectivity index (χ3v) is 4.96. The summed E-state index contributed by atoms with van der Waals surface area (Å²) in [5, 5.41) is 6.67. The van der Waals surface area contributed by atoms with Crippen LogP contribution in [-0.2, 0) is 11.2 Å². The van der Waals surface area contributed by atoms with Gasteiger partial charge in [-0.1, -0.05) is 35.9 Å². The summed E-state index contributed by atoms with van der Waals surface area (Å²) < 4.78 is 5.07. The van der Waals surface area contributed by atoms with Gasteiger partial charge in [0.1, 0.15) is 5.82 Å². The molecule has 0 bridgehead atoms. The van der Waals surface area contributed by atoms with E-state index >= 15 is 0 Å². The fourth-order valence-electron chi connectivity index (χ4n) is 3.03. The van der Waals surface area contributed by atoms with Crippen molar-refractivity contribution in [2.45, 2.75) is 33.3 Å². The lowest BCUT2D eigenvalue weighted by Gasteiger charge is -2.11. The number of nitrogens with zero attached hydrogens (tertiary/aromatic N) is 2. The van der Waals surface area contributed by atoms with E-state index in [0.29, 0.717) is 23.1 Å². The van der Waals surface area contributed by atoms with Gasteiger partial charge in [-0.3, -0.25) is 5.32 Å². The number of ether oxygens (including phenoxy) is 1. The molecule has 0 spiro atoms. The summed E-state index contributed by atoms with van der Waals surface area (Å²) in [5.41, 5.74) is 10.3. The average molecular weight is 440 g/mol. The predicted octanol–water partition coefficient (Wildman–Crippen LogP) is 5.30. The number of nitrogens with one attached hydrogen (secondary N) is 2. The van der Waals surface area contributed by atoms with Crippen LogP contribution in [0.4, 0.5) is 22.2 Å². The quantitative estimate of drug-likeness (QED) is 0.461. The van der Waals surface area contributed by atoms with Gasteiger partial charge in [0, 0.05) is 28.9 Å². The zero-order chi connectivity index (χ0) is 22.4. The van der Waals surface area contributed by atoms with Gasteiger partial charge in [-0.15, -0.1) is 0 Å². The number of hydrogen-bond acceptors (Lipinski definition) is 6. The van der Waals surface area contributed by atoms with Gasteiger partial charge in [-0.25, -0.2) is 9.78 Å². The van der Waals surface area contributed by atoms with Crippen LogP contribution in [0.15, 0.2) is 48.5 Å². The number of nitrogen functional groups attached to an aromatic ring is 1. The van der Waals surface area contributed by atoms with Gasteiger partial charge in [0.25, 0.3) is 0 Å². The van der Waals surface area contributed by atoms with Gasteiger partial charge in [-0.2, -0.15) is 4.98 Å². The maximum Gasteiger partial charge on any atom is 0.411 e. The molecule has 3 aromatic rings. The molecule has 31 heavy (non-hydrogen) atoms. The number of nitrogens with two attached hydrogens (primary N) is 1. The van der Waals surface area contributed by atoms with Crippen LogP contribution >= 0.6 is 11.6 Å². The molecule has 7 nitrogen and oxygen atoms in total. The second kappa shape index (κ2) is 10.1. The minimum Gasteiger partial charge on any atom is -0.447 e. The van der Waals surface area contributed by atoms with Crippen molar-refractivity contribution in [1.29, 1.82) is 0 Å². The Kier molecular flexibility index (Phi) is 7.31. The fourth-order valence-corrected chi connectivity index (χ4v) is 3.20. The first-order valence-electron chi connectivity index (χ1n) is 10.0. The Bertz CT molecular complexity index is 1050. The third kappa shape index (κ3) is 6.33. The van der Waals surface area contributed by atoms with Crippen LogP contribution in [0.3, 0.4) is 0 Å². The normalized spacial score (nSPS) is 10.7. The molecule has 0 aliphatic heterocycles. The molecule has 0 fully saturated rings.